The number of carbonyl (C=O) groups excluding carboxylic acids is 1. The zero-order chi connectivity index (χ0) is 24.8. The average molecular weight is 497 g/mol. The van der Waals surface area contributed by atoms with Gasteiger partial charge in [0.05, 0.1) is 30.9 Å². The van der Waals surface area contributed by atoms with Crippen LogP contribution in [0.4, 0.5) is 11.5 Å². The Morgan fingerprint density at radius 2 is 1.89 bits per heavy atom. The Hall–Kier alpha value is -3.63. The summed E-state index contributed by atoms with van der Waals surface area (Å²) in [6.07, 6.45) is 1.71. The molecule has 1 saturated heterocycles. The Morgan fingerprint density at radius 3 is 2.66 bits per heavy atom. The summed E-state index contributed by atoms with van der Waals surface area (Å²) in [7, 11) is -2.48. The predicted octanol–water partition coefficient (Wildman–Crippen LogP) is 2.97. The first-order chi connectivity index (χ1) is 16.9. The lowest BCUT2D eigenvalue weighted by Gasteiger charge is -2.28. The van der Waals surface area contributed by atoms with Crippen molar-refractivity contribution in [2.24, 2.45) is 0 Å². The van der Waals surface area contributed by atoms with Crippen molar-refractivity contribution in [2.45, 2.75) is 18.4 Å². The molecule has 4 rings (SSSR count). The molecule has 0 saturated carbocycles. The number of aryl methyl sites for hydroxylation is 1. The van der Waals surface area contributed by atoms with Crippen molar-refractivity contribution in [3.8, 4) is 5.75 Å². The Labute approximate surface area is 205 Å². The molecule has 0 radical (unpaired) electrons. The second-order valence-corrected chi connectivity index (χ2v) is 9.74. The number of anilines is 2. The quantitative estimate of drug-likeness (QED) is 0.493. The number of aromatic nitrogens is 1. The number of sulfonamides is 1. The number of amides is 1. The van der Waals surface area contributed by atoms with E-state index in [1.54, 1.807) is 49.5 Å². The maximum Gasteiger partial charge on any atom is 0.262 e. The van der Waals surface area contributed by atoms with Gasteiger partial charge in [0.15, 0.2) is 0 Å². The number of morpholine rings is 1. The highest BCUT2D eigenvalue weighted by Crippen LogP contribution is 2.27. The lowest BCUT2D eigenvalue weighted by Crippen LogP contribution is -2.36. The van der Waals surface area contributed by atoms with Crippen LogP contribution in [-0.2, 0) is 21.3 Å². The number of benzene rings is 2. The van der Waals surface area contributed by atoms with Gasteiger partial charge in [0.2, 0.25) is 0 Å². The van der Waals surface area contributed by atoms with Gasteiger partial charge in [-0.1, -0.05) is 18.2 Å². The summed E-state index contributed by atoms with van der Waals surface area (Å²) in [6, 6.07) is 15.1. The van der Waals surface area contributed by atoms with E-state index in [1.165, 1.54) is 13.2 Å². The third-order valence-corrected chi connectivity index (χ3v) is 7.20. The van der Waals surface area contributed by atoms with E-state index in [-0.39, 0.29) is 22.9 Å². The molecular formula is C25H28N4O5S. The van der Waals surface area contributed by atoms with Gasteiger partial charge in [-0.05, 0) is 54.4 Å². The van der Waals surface area contributed by atoms with Crippen molar-refractivity contribution in [1.29, 1.82) is 0 Å². The smallest absolute Gasteiger partial charge is 0.262 e. The number of nitrogens with zero attached hydrogens (tertiary/aromatic N) is 2. The number of ether oxygens (including phenoxy) is 2. The molecule has 10 heteroatoms. The van der Waals surface area contributed by atoms with Crippen molar-refractivity contribution < 1.29 is 22.7 Å². The molecule has 1 aliphatic heterocycles. The van der Waals surface area contributed by atoms with Crippen LogP contribution in [0, 0.1) is 6.92 Å². The largest absolute Gasteiger partial charge is 0.495 e. The number of rotatable bonds is 8. The molecule has 1 fully saturated rings. The first kappa shape index (κ1) is 24.5. The lowest BCUT2D eigenvalue weighted by molar-refractivity contribution is 0.0950. The molecule has 2 heterocycles. The highest BCUT2D eigenvalue weighted by Gasteiger charge is 2.21. The van der Waals surface area contributed by atoms with Gasteiger partial charge in [0, 0.05) is 31.4 Å². The van der Waals surface area contributed by atoms with Crippen LogP contribution in [0.15, 0.2) is 65.7 Å². The molecule has 1 aromatic heterocycles. The minimum atomic E-state index is -3.95. The molecule has 2 aromatic carbocycles. The number of methoxy groups -OCH3 is 1. The van der Waals surface area contributed by atoms with E-state index in [2.05, 4.69) is 19.9 Å². The van der Waals surface area contributed by atoms with Gasteiger partial charge in [-0.15, -0.1) is 0 Å². The van der Waals surface area contributed by atoms with E-state index in [9.17, 15) is 13.2 Å². The fourth-order valence-electron chi connectivity index (χ4n) is 3.78. The molecule has 0 atom stereocenters. The van der Waals surface area contributed by atoms with Crippen molar-refractivity contribution in [3.63, 3.8) is 0 Å². The van der Waals surface area contributed by atoms with Gasteiger partial charge >= 0.3 is 0 Å². The van der Waals surface area contributed by atoms with Gasteiger partial charge < -0.3 is 19.7 Å². The zero-order valence-corrected chi connectivity index (χ0v) is 20.5. The Bertz CT molecular complexity index is 1310. The van der Waals surface area contributed by atoms with Gasteiger partial charge in [-0.25, -0.2) is 13.4 Å². The topological polar surface area (TPSA) is 110 Å². The molecule has 35 heavy (non-hydrogen) atoms. The fraction of sp³-hybridized carbons (Fsp3) is 0.280. The molecule has 1 aliphatic rings. The monoisotopic (exact) mass is 496 g/mol. The molecule has 184 valence electrons. The molecule has 3 aromatic rings. The molecule has 0 unspecified atom stereocenters. The summed E-state index contributed by atoms with van der Waals surface area (Å²) in [5, 5.41) is 2.87. The Morgan fingerprint density at radius 1 is 1.11 bits per heavy atom. The van der Waals surface area contributed by atoms with Crippen LogP contribution in [0.25, 0.3) is 0 Å². The molecule has 2 N–H and O–H groups in total. The summed E-state index contributed by atoms with van der Waals surface area (Å²) >= 11 is 0. The Balaban J connectivity index is 1.48. The third kappa shape index (κ3) is 5.90. The second-order valence-electron chi connectivity index (χ2n) is 8.09. The second kappa shape index (κ2) is 10.7. The van der Waals surface area contributed by atoms with E-state index in [0.717, 1.165) is 24.5 Å². The van der Waals surface area contributed by atoms with Crippen molar-refractivity contribution in [1.82, 2.24) is 10.3 Å². The van der Waals surface area contributed by atoms with E-state index in [4.69, 9.17) is 9.47 Å². The van der Waals surface area contributed by atoms with Crippen molar-refractivity contribution in [2.75, 3.05) is 43.0 Å². The summed E-state index contributed by atoms with van der Waals surface area (Å²) in [6.45, 7) is 4.83. The summed E-state index contributed by atoms with van der Waals surface area (Å²) < 4.78 is 39.4. The molecular weight excluding hydrogens is 468 g/mol. The number of carbonyl (C=O) groups is 1. The van der Waals surface area contributed by atoms with Crippen LogP contribution in [0.2, 0.25) is 0 Å². The minimum Gasteiger partial charge on any atom is -0.495 e. The summed E-state index contributed by atoms with van der Waals surface area (Å²) in [5.74, 6) is 0.867. The molecule has 1 amide bonds. The standard InChI is InChI=1S/C25H28N4O5S/c1-18-7-8-20(16-23(18)35(31,32)28-21-5-3-4-6-22(21)33-2)25(30)27-17-19-9-10-26-24(15-19)29-11-13-34-14-12-29/h3-10,15-16,28H,11-14,17H2,1-2H3,(H,27,30). The van der Waals surface area contributed by atoms with Gasteiger partial charge in [-0.3, -0.25) is 9.52 Å². The fourth-order valence-corrected chi connectivity index (χ4v) is 5.12. The lowest BCUT2D eigenvalue weighted by atomic mass is 10.1. The normalized spacial score (nSPS) is 13.8. The van der Waals surface area contributed by atoms with Gasteiger partial charge in [0.1, 0.15) is 11.6 Å². The molecule has 0 spiro atoms. The number of nitrogens with one attached hydrogen (secondary N) is 2. The van der Waals surface area contributed by atoms with Crippen molar-refractivity contribution in [3.05, 3.63) is 77.5 Å². The van der Waals surface area contributed by atoms with Crippen molar-refractivity contribution >= 4 is 27.4 Å². The molecule has 0 bridgehead atoms. The van der Waals surface area contributed by atoms with Crippen LogP contribution >= 0.6 is 0 Å². The SMILES string of the molecule is COc1ccccc1NS(=O)(=O)c1cc(C(=O)NCc2ccnc(N3CCOCC3)c2)ccc1C. The summed E-state index contributed by atoms with van der Waals surface area (Å²) in [4.78, 5) is 19.4. The van der Waals surface area contributed by atoms with Gasteiger partial charge in [0.25, 0.3) is 15.9 Å². The minimum absolute atomic E-state index is 0.0228. The maximum absolute atomic E-state index is 13.1. The van der Waals surface area contributed by atoms with Crippen LogP contribution < -0.4 is 19.7 Å². The van der Waals surface area contributed by atoms with Crippen LogP contribution in [0.5, 0.6) is 5.75 Å². The summed E-state index contributed by atoms with van der Waals surface area (Å²) in [5.41, 5.74) is 1.98. The first-order valence-corrected chi connectivity index (χ1v) is 12.7. The number of para-hydroxylation sites is 2. The maximum atomic E-state index is 13.1. The number of hydrogen-bond donors (Lipinski definition) is 2. The van der Waals surface area contributed by atoms with Crippen LogP contribution in [0.1, 0.15) is 21.5 Å². The van der Waals surface area contributed by atoms with Gasteiger partial charge in [-0.2, -0.15) is 0 Å². The number of pyridine rings is 1. The van der Waals surface area contributed by atoms with E-state index >= 15 is 0 Å². The third-order valence-electron chi connectivity index (χ3n) is 5.69. The highest BCUT2D eigenvalue weighted by molar-refractivity contribution is 7.92. The van der Waals surface area contributed by atoms with Crippen LogP contribution in [0.3, 0.4) is 0 Å². The average Bonchev–Trinajstić information content (AvgIpc) is 2.88. The number of hydrogen-bond acceptors (Lipinski definition) is 7. The van der Waals surface area contributed by atoms with E-state index < -0.39 is 10.0 Å². The van der Waals surface area contributed by atoms with E-state index in [1.807, 2.05) is 12.1 Å². The zero-order valence-electron chi connectivity index (χ0n) is 19.7. The van der Waals surface area contributed by atoms with E-state index in [0.29, 0.717) is 30.2 Å². The Kier molecular flexibility index (Phi) is 7.52. The first-order valence-electron chi connectivity index (χ1n) is 11.2. The molecule has 9 nitrogen and oxygen atoms in total. The molecule has 0 aliphatic carbocycles. The van der Waals surface area contributed by atoms with Crippen LogP contribution in [-0.4, -0.2) is 52.7 Å². The highest BCUT2D eigenvalue weighted by atomic mass is 32.2. The predicted molar refractivity (Wildman–Crippen MR) is 133 cm³/mol.